The van der Waals surface area contributed by atoms with E-state index in [1.54, 1.807) is 31.2 Å². The standard InChI is InChI=1S/C15H13Cl2FO2/c1-9(19)12-7-11(16)3-5-15(12)20-8-10-2-4-13(17)14(18)6-10/h2-7,9,19H,8H2,1H3. The van der Waals surface area contributed by atoms with Gasteiger partial charge in [-0.15, -0.1) is 0 Å². The van der Waals surface area contributed by atoms with Gasteiger partial charge < -0.3 is 9.84 Å². The summed E-state index contributed by atoms with van der Waals surface area (Å²) in [4.78, 5) is 0. The van der Waals surface area contributed by atoms with Gasteiger partial charge in [0.25, 0.3) is 0 Å². The molecule has 2 aromatic carbocycles. The lowest BCUT2D eigenvalue weighted by Crippen LogP contribution is -2.01. The maximum absolute atomic E-state index is 13.3. The zero-order valence-corrected chi connectivity index (χ0v) is 12.2. The Labute approximate surface area is 126 Å². The monoisotopic (exact) mass is 314 g/mol. The second-order valence-corrected chi connectivity index (χ2v) is 5.24. The zero-order chi connectivity index (χ0) is 14.7. The average Bonchev–Trinajstić information content (AvgIpc) is 2.41. The van der Waals surface area contributed by atoms with Crippen molar-refractivity contribution in [2.45, 2.75) is 19.6 Å². The molecule has 2 nitrogen and oxygen atoms in total. The van der Waals surface area contributed by atoms with Crippen molar-refractivity contribution in [3.05, 3.63) is 63.4 Å². The first-order valence-corrected chi connectivity index (χ1v) is 6.77. The number of rotatable bonds is 4. The number of aliphatic hydroxyl groups is 1. The molecule has 2 rings (SSSR count). The van der Waals surface area contributed by atoms with Gasteiger partial charge in [-0.1, -0.05) is 29.3 Å². The van der Waals surface area contributed by atoms with E-state index in [-0.39, 0.29) is 11.6 Å². The van der Waals surface area contributed by atoms with Crippen molar-refractivity contribution in [2.75, 3.05) is 0 Å². The molecule has 0 aliphatic rings. The molecular formula is C15H13Cl2FO2. The third kappa shape index (κ3) is 3.63. The van der Waals surface area contributed by atoms with Crippen LogP contribution in [0, 0.1) is 5.82 Å². The highest BCUT2D eigenvalue weighted by molar-refractivity contribution is 6.31. The lowest BCUT2D eigenvalue weighted by atomic mass is 10.1. The summed E-state index contributed by atoms with van der Waals surface area (Å²) >= 11 is 11.5. The minimum absolute atomic E-state index is 0.0740. The molecule has 0 radical (unpaired) electrons. The van der Waals surface area contributed by atoms with Gasteiger partial charge in [0.15, 0.2) is 0 Å². The molecule has 1 unspecified atom stereocenters. The van der Waals surface area contributed by atoms with E-state index < -0.39 is 11.9 Å². The van der Waals surface area contributed by atoms with E-state index in [1.165, 1.54) is 12.1 Å². The molecular weight excluding hydrogens is 302 g/mol. The van der Waals surface area contributed by atoms with Crippen molar-refractivity contribution >= 4 is 23.2 Å². The van der Waals surface area contributed by atoms with Gasteiger partial charge in [-0.25, -0.2) is 4.39 Å². The average molecular weight is 315 g/mol. The largest absolute Gasteiger partial charge is 0.489 e. The van der Waals surface area contributed by atoms with Crippen molar-refractivity contribution < 1.29 is 14.2 Å². The molecule has 5 heteroatoms. The molecule has 1 N–H and O–H groups in total. The molecule has 2 aromatic rings. The highest BCUT2D eigenvalue weighted by atomic mass is 35.5. The summed E-state index contributed by atoms with van der Waals surface area (Å²) in [6, 6.07) is 9.47. The van der Waals surface area contributed by atoms with Gasteiger partial charge in [0.05, 0.1) is 11.1 Å². The number of halogens is 3. The van der Waals surface area contributed by atoms with Crippen LogP contribution in [0.3, 0.4) is 0 Å². The summed E-state index contributed by atoms with van der Waals surface area (Å²) < 4.78 is 18.9. The first kappa shape index (κ1) is 15.1. The van der Waals surface area contributed by atoms with Gasteiger partial charge in [-0.2, -0.15) is 0 Å². The van der Waals surface area contributed by atoms with Crippen molar-refractivity contribution in [3.8, 4) is 5.75 Å². The van der Waals surface area contributed by atoms with E-state index in [0.29, 0.717) is 21.9 Å². The van der Waals surface area contributed by atoms with Gasteiger partial charge >= 0.3 is 0 Å². The van der Waals surface area contributed by atoms with Crippen LogP contribution in [0.1, 0.15) is 24.2 Å². The Bertz CT molecular complexity index is 615. The highest BCUT2D eigenvalue weighted by Crippen LogP contribution is 2.29. The molecule has 0 aliphatic heterocycles. The van der Waals surface area contributed by atoms with Crippen LogP contribution in [-0.2, 0) is 6.61 Å². The van der Waals surface area contributed by atoms with Crippen LogP contribution in [0.4, 0.5) is 4.39 Å². The molecule has 0 spiro atoms. The van der Waals surface area contributed by atoms with E-state index in [9.17, 15) is 9.50 Å². The molecule has 20 heavy (non-hydrogen) atoms. The van der Waals surface area contributed by atoms with Crippen LogP contribution < -0.4 is 4.74 Å². The molecule has 1 atom stereocenters. The minimum Gasteiger partial charge on any atom is -0.489 e. The summed E-state index contributed by atoms with van der Waals surface area (Å²) in [5.41, 5.74) is 1.24. The predicted octanol–water partition coefficient (Wildman–Crippen LogP) is 4.76. The van der Waals surface area contributed by atoms with Crippen molar-refractivity contribution in [1.82, 2.24) is 0 Å². The molecule has 0 amide bonds. The fourth-order valence-electron chi connectivity index (χ4n) is 1.77. The number of aliphatic hydroxyl groups excluding tert-OH is 1. The van der Waals surface area contributed by atoms with Crippen LogP contribution in [0.15, 0.2) is 36.4 Å². The van der Waals surface area contributed by atoms with E-state index in [4.69, 9.17) is 27.9 Å². The number of hydrogen-bond acceptors (Lipinski definition) is 2. The van der Waals surface area contributed by atoms with Gasteiger partial charge in [0.1, 0.15) is 18.2 Å². The predicted molar refractivity (Wildman–Crippen MR) is 77.8 cm³/mol. The Morgan fingerprint density at radius 3 is 2.60 bits per heavy atom. The summed E-state index contributed by atoms with van der Waals surface area (Å²) in [6.45, 7) is 1.80. The Balaban J connectivity index is 2.16. The lowest BCUT2D eigenvalue weighted by Gasteiger charge is -2.14. The Morgan fingerprint density at radius 2 is 1.95 bits per heavy atom. The Morgan fingerprint density at radius 1 is 1.20 bits per heavy atom. The maximum atomic E-state index is 13.3. The van der Waals surface area contributed by atoms with Crippen LogP contribution in [0.25, 0.3) is 0 Å². The molecule has 0 aliphatic carbocycles. The second-order valence-electron chi connectivity index (χ2n) is 4.40. The zero-order valence-electron chi connectivity index (χ0n) is 10.7. The molecule has 0 saturated carbocycles. The van der Waals surface area contributed by atoms with Crippen molar-refractivity contribution in [2.24, 2.45) is 0 Å². The molecule has 0 aromatic heterocycles. The summed E-state index contributed by atoms with van der Waals surface area (Å²) in [7, 11) is 0. The van der Waals surface area contributed by atoms with E-state index >= 15 is 0 Å². The van der Waals surface area contributed by atoms with Crippen LogP contribution in [0.5, 0.6) is 5.75 Å². The van der Waals surface area contributed by atoms with Crippen molar-refractivity contribution in [3.63, 3.8) is 0 Å². The molecule has 0 saturated heterocycles. The number of ether oxygens (including phenoxy) is 1. The van der Waals surface area contributed by atoms with Crippen LogP contribution in [0.2, 0.25) is 10.0 Å². The SMILES string of the molecule is CC(O)c1cc(Cl)ccc1OCc1ccc(Cl)c(F)c1. The molecule has 106 valence electrons. The number of benzene rings is 2. The number of hydrogen-bond donors (Lipinski definition) is 1. The summed E-state index contributed by atoms with van der Waals surface area (Å²) in [5.74, 6) is 0.0272. The van der Waals surface area contributed by atoms with Gasteiger partial charge in [-0.3, -0.25) is 0 Å². The van der Waals surface area contributed by atoms with Gasteiger partial charge in [-0.05, 0) is 42.8 Å². The van der Waals surface area contributed by atoms with E-state index in [0.717, 1.165) is 0 Å². The quantitative estimate of drug-likeness (QED) is 0.881. The first-order chi connectivity index (χ1) is 9.47. The van der Waals surface area contributed by atoms with Crippen LogP contribution in [-0.4, -0.2) is 5.11 Å². The summed E-state index contributed by atoms with van der Waals surface area (Å²) in [5, 5.41) is 10.3. The van der Waals surface area contributed by atoms with E-state index in [1.807, 2.05) is 0 Å². The Kier molecular flexibility index (Phi) is 4.86. The summed E-state index contributed by atoms with van der Waals surface area (Å²) in [6.07, 6.45) is -0.703. The maximum Gasteiger partial charge on any atom is 0.142 e. The second kappa shape index (κ2) is 6.44. The van der Waals surface area contributed by atoms with Crippen molar-refractivity contribution in [1.29, 1.82) is 0 Å². The third-order valence-electron chi connectivity index (χ3n) is 2.80. The topological polar surface area (TPSA) is 29.5 Å². The van der Waals surface area contributed by atoms with Gasteiger partial charge in [0.2, 0.25) is 0 Å². The minimum atomic E-state index is -0.703. The molecule has 0 fully saturated rings. The smallest absolute Gasteiger partial charge is 0.142 e. The normalized spacial score (nSPS) is 12.2. The van der Waals surface area contributed by atoms with E-state index in [2.05, 4.69) is 0 Å². The van der Waals surface area contributed by atoms with Gasteiger partial charge in [0, 0.05) is 10.6 Å². The molecule has 0 heterocycles. The third-order valence-corrected chi connectivity index (χ3v) is 3.34. The highest BCUT2D eigenvalue weighted by Gasteiger charge is 2.10. The fraction of sp³-hybridized carbons (Fsp3) is 0.200. The molecule has 0 bridgehead atoms. The fourth-order valence-corrected chi connectivity index (χ4v) is 2.07. The first-order valence-electron chi connectivity index (χ1n) is 6.01. The van der Waals surface area contributed by atoms with Crippen LogP contribution >= 0.6 is 23.2 Å². The lowest BCUT2D eigenvalue weighted by molar-refractivity contribution is 0.190. The Hall–Kier alpha value is -1.29.